The van der Waals surface area contributed by atoms with E-state index in [4.69, 9.17) is 14.2 Å². The molecule has 21 heavy (non-hydrogen) atoms. The largest absolute Gasteiger partial charge is 0.456 e. The Balaban J connectivity index is 1.75. The zero-order chi connectivity index (χ0) is 15.2. The molecular formula is C15H19NO5. The number of amides is 1. The van der Waals surface area contributed by atoms with Crippen LogP contribution in [0.2, 0.25) is 0 Å². The van der Waals surface area contributed by atoms with Gasteiger partial charge in [0.15, 0.2) is 18.1 Å². The lowest BCUT2D eigenvalue weighted by Crippen LogP contribution is -2.20. The van der Waals surface area contributed by atoms with E-state index in [1.54, 1.807) is 18.2 Å². The van der Waals surface area contributed by atoms with Gasteiger partial charge in [-0.15, -0.1) is 0 Å². The third kappa shape index (κ3) is 4.66. The van der Waals surface area contributed by atoms with Gasteiger partial charge in [-0.25, -0.2) is 0 Å². The molecule has 6 nitrogen and oxygen atoms in total. The minimum absolute atomic E-state index is 0.181. The molecule has 0 aromatic heterocycles. The molecule has 1 amide bonds. The van der Waals surface area contributed by atoms with Crippen molar-refractivity contribution < 1.29 is 23.8 Å². The Bertz CT molecular complexity index is 527. The van der Waals surface area contributed by atoms with Crippen LogP contribution in [0.15, 0.2) is 18.2 Å². The van der Waals surface area contributed by atoms with Crippen molar-refractivity contribution >= 4 is 17.6 Å². The van der Waals surface area contributed by atoms with Crippen molar-refractivity contribution in [1.82, 2.24) is 0 Å². The van der Waals surface area contributed by atoms with Gasteiger partial charge in [-0.3, -0.25) is 9.59 Å². The molecule has 1 aliphatic heterocycles. The predicted octanol–water partition coefficient (Wildman–Crippen LogP) is 2.33. The Labute approximate surface area is 123 Å². The molecule has 6 heteroatoms. The molecule has 0 radical (unpaired) electrons. The van der Waals surface area contributed by atoms with Gasteiger partial charge in [-0.2, -0.15) is 0 Å². The number of anilines is 1. The average Bonchev–Trinajstić information content (AvgIpc) is 2.90. The second-order valence-corrected chi connectivity index (χ2v) is 5.21. The highest BCUT2D eigenvalue weighted by molar-refractivity contribution is 5.93. The third-order valence-electron chi connectivity index (χ3n) is 2.95. The minimum Gasteiger partial charge on any atom is -0.456 e. The smallest absolute Gasteiger partial charge is 0.306 e. The number of carbonyl (C=O) groups excluding carboxylic acids is 2. The van der Waals surface area contributed by atoms with Crippen LogP contribution in [-0.4, -0.2) is 25.3 Å². The highest BCUT2D eigenvalue weighted by Gasteiger charge is 2.14. The molecule has 0 saturated carbocycles. The molecule has 0 spiro atoms. The Morgan fingerprint density at radius 3 is 2.81 bits per heavy atom. The number of benzene rings is 1. The molecule has 114 valence electrons. The van der Waals surface area contributed by atoms with E-state index in [0.29, 0.717) is 29.5 Å². The van der Waals surface area contributed by atoms with Crippen molar-refractivity contribution in [3.8, 4) is 11.5 Å². The Kier molecular flexibility index (Phi) is 5.03. The van der Waals surface area contributed by atoms with Gasteiger partial charge >= 0.3 is 5.97 Å². The van der Waals surface area contributed by atoms with Crippen LogP contribution in [0.25, 0.3) is 0 Å². The van der Waals surface area contributed by atoms with Gasteiger partial charge in [-0.1, -0.05) is 13.8 Å². The summed E-state index contributed by atoms with van der Waals surface area (Å²) in [4.78, 5) is 23.1. The van der Waals surface area contributed by atoms with Crippen LogP contribution in [0.3, 0.4) is 0 Å². The molecule has 0 saturated heterocycles. The van der Waals surface area contributed by atoms with Gasteiger partial charge in [0.1, 0.15) is 0 Å². The van der Waals surface area contributed by atoms with E-state index in [9.17, 15) is 9.59 Å². The number of hydrogen-bond acceptors (Lipinski definition) is 5. The first-order chi connectivity index (χ1) is 10.0. The second-order valence-electron chi connectivity index (χ2n) is 5.21. The standard InChI is InChI=1S/C15H19NO5/c1-10(2)3-6-15(18)19-8-14(17)16-11-4-5-12-13(7-11)21-9-20-12/h4-5,7,10H,3,6,8-9H2,1-2H3,(H,16,17). The summed E-state index contributed by atoms with van der Waals surface area (Å²) in [5.41, 5.74) is 0.572. The maximum Gasteiger partial charge on any atom is 0.306 e. The number of rotatable bonds is 6. The SMILES string of the molecule is CC(C)CCC(=O)OCC(=O)Nc1ccc2c(c1)OCO2. The quantitative estimate of drug-likeness (QED) is 0.815. The van der Waals surface area contributed by atoms with Crippen molar-refractivity contribution in [2.24, 2.45) is 5.92 Å². The molecule has 2 rings (SSSR count). The van der Waals surface area contributed by atoms with E-state index in [1.807, 2.05) is 13.8 Å². The second kappa shape index (κ2) is 6.97. The van der Waals surface area contributed by atoms with E-state index in [0.717, 1.165) is 6.42 Å². The number of hydrogen-bond donors (Lipinski definition) is 1. The molecule has 0 bridgehead atoms. The maximum absolute atomic E-state index is 11.7. The van der Waals surface area contributed by atoms with E-state index >= 15 is 0 Å². The molecule has 1 N–H and O–H groups in total. The molecule has 1 aromatic carbocycles. The summed E-state index contributed by atoms with van der Waals surface area (Å²) in [6.45, 7) is 3.95. The van der Waals surface area contributed by atoms with Gasteiger partial charge in [-0.05, 0) is 24.5 Å². The fourth-order valence-corrected chi connectivity index (χ4v) is 1.80. The number of ether oxygens (including phenoxy) is 3. The summed E-state index contributed by atoms with van der Waals surface area (Å²) < 4.78 is 15.3. The molecule has 1 aliphatic rings. The van der Waals surface area contributed by atoms with Crippen molar-refractivity contribution in [2.75, 3.05) is 18.7 Å². The fraction of sp³-hybridized carbons (Fsp3) is 0.467. The van der Waals surface area contributed by atoms with Crippen molar-refractivity contribution in [1.29, 1.82) is 0 Å². The lowest BCUT2D eigenvalue weighted by Gasteiger charge is -2.08. The number of esters is 1. The molecule has 0 fully saturated rings. The van der Waals surface area contributed by atoms with Crippen LogP contribution in [0.1, 0.15) is 26.7 Å². The van der Waals surface area contributed by atoms with Gasteiger partial charge < -0.3 is 19.5 Å². The highest BCUT2D eigenvalue weighted by Crippen LogP contribution is 2.34. The lowest BCUT2D eigenvalue weighted by atomic mass is 10.1. The van der Waals surface area contributed by atoms with E-state index in [2.05, 4.69) is 5.32 Å². The maximum atomic E-state index is 11.7. The Hall–Kier alpha value is -2.24. The van der Waals surface area contributed by atoms with E-state index in [1.165, 1.54) is 0 Å². The van der Waals surface area contributed by atoms with E-state index < -0.39 is 0 Å². The number of carbonyl (C=O) groups is 2. The van der Waals surface area contributed by atoms with Crippen LogP contribution in [0, 0.1) is 5.92 Å². The van der Waals surface area contributed by atoms with Crippen LogP contribution in [0.4, 0.5) is 5.69 Å². The summed E-state index contributed by atoms with van der Waals surface area (Å²) in [5.74, 6) is 0.922. The number of fused-ring (bicyclic) bond motifs is 1. The Morgan fingerprint density at radius 2 is 2.05 bits per heavy atom. The lowest BCUT2D eigenvalue weighted by molar-refractivity contribution is -0.147. The monoisotopic (exact) mass is 293 g/mol. The fourth-order valence-electron chi connectivity index (χ4n) is 1.80. The van der Waals surface area contributed by atoms with Crippen molar-refractivity contribution in [2.45, 2.75) is 26.7 Å². The zero-order valence-electron chi connectivity index (χ0n) is 12.2. The first kappa shape index (κ1) is 15.2. The normalized spacial score (nSPS) is 12.3. The van der Waals surface area contributed by atoms with Crippen LogP contribution in [0.5, 0.6) is 11.5 Å². The molecule has 0 unspecified atom stereocenters. The van der Waals surface area contributed by atoms with Gasteiger partial charge in [0.2, 0.25) is 6.79 Å². The molecule has 1 aromatic rings. The minimum atomic E-state index is -0.383. The predicted molar refractivity (Wildman–Crippen MR) is 76.2 cm³/mol. The highest BCUT2D eigenvalue weighted by atomic mass is 16.7. The van der Waals surface area contributed by atoms with Crippen LogP contribution >= 0.6 is 0 Å². The van der Waals surface area contributed by atoms with Crippen LogP contribution in [-0.2, 0) is 14.3 Å². The summed E-state index contributed by atoms with van der Waals surface area (Å²) in [7, 11) is 0. The molecule has 0 aliphatic carbocycles. The van der Waals surface area contributed by atoms with Crippen molar-refractivity contribution in [3.05, 3.63) is 18.2 Å². The first-order valence-corrected chi connectivity index (χ1v) is 6.89. The average molecular weight is 293 g/mol. The third-order valence-corrected chi connectivity index (χ3v) is 2.95. The van der Waals surface area contributed by atoms with Crippen molar-refractivity contribution in [3.63, 3.8) is 0 Å². The summed E-state index contributed by atoms with van der Waals surface area (Å²) in [6, 6.07) is 5.08. The Morgan fingerprint density at radius 1 is 1.29 bits per heavy atom. The molecular weight excluding hydrogens is 274 g/mol. The molecule has 1 heterocycles. The van der Waals surface area contributed by atoms with E-state index in [-0.39, 0.29) is 25.3 Å². The molecule has 0 atom stereocenters. The number of nitrogens with one attached hydrogen (secondary N) is 1. The zero-order valence-corrected chi connectivity index (χ0v) is 12.2. The first-order valence-electron chi connectivity index (χ1n) is 6.89. The summed E-state index contributed by atoms with van der Waals surface area (Å²) in [6.07, 6.45) is 1.08. The summed E-state index contributed by atoms with van der Waals surface area (Å²) in [5, 5.41) is 2.64. The van der Waals surface area contributed by atoms with Gasteiger partial charge in [0.25, 0.3) is 5.91 Å². The topological polar surface area (TPSA) is 73.9 Å². The summed E-state index contributed by atoms with van der Waals surface area (Å²) >= 11 is 0. The van der Waals surface area contributed by atoms with Gasteiger partial charge in [0.05, 0.1) is 0 Å². The van der Waals surface area contributed by atoms with Crippen LogP contribution < -0.4 is 14.8 Å². The van der Waals surface area contributed by atoms with Gasteiger partial charge in [0, 0.05) is 18.2 Å².